The van der Waals surface area contributed by atoms with E-state index in [-0.39, 0.29) is 53.7 Å². The molecule has 0 radical (unpaired) electrons. The van der Waals surface area contributed by atoms with Crippen molar-refractivity contribution < 1.29 is 15.3 Å². The quantitative estimate of drug-likeness (QED) is 0.264. The van der Waals surface area contributed by atoms with Crippen molar-refractivity contribution >= 4 is 29.6 Å². The predicted octanol–water partition coefficient (Wildman–Crippen LogP) is -0.693. The first-order chi connectivity index (χ1) is 5.13. The molecule has 0 unspecified atom stereocenters. The van der Waals surface area contributed by atoms with Crippen LogP contribution >= 0.6 is 0 Å². The van der Waals surface area contributed by atoms with Crippen LogP contribution in [0.3, 0.4) is 0 Å². The summed E-state index contributed by atoms with van der Waals surface area (Å²) in [5.74, 6) is 0. The fourth-order valence-corrected chi connectivity index (χ4v) is 0.695. The first kappa shape index (κ1) is 14.5. The van der Waals surface area contributed by atoms with E-state index in [1.54, 1.807) is 13.8 Å². The van der Waals surface area contributed by atoms with Crippen LogP contribution in [0.1, 0.15) is 13.8 Å². The van der Waals surface area contributed by atoms with Crippen molar-refractivity contribution in [3.05, 3.63) is 5.21 Å². The molecular weight excluding hydrogens is 173 g/mol. The van der Waals surface area contributed by atoms with Crippen LogP contribution in [0.25, 0.3) is 0 Å². The molecule has 0 rings (SSSR count). The van der Waals surface area contributed by atoms with Crippen LogP contribution in [0, 0.1) is 5.21 Å². The molecule has 0 aromatic carbocycles. The Kier molecular flexibility index (Phi) is 9.17. The molecule has 0 aliphatic carbocycles. The number of hydrogen-bond donors (Lipinski definition) is 2. The summed E-state index contributed by atoms with van der Waals surface area (Å²) in [5, 5.41) is 30.9. The van der Waals surface area contributed by atoms with Crippen molar-refractivity contribution in [1.29, 1.82) is 0 Å². The van der Waals surface area contributed by atoms with Crippen molar-refractivity contribution in [2.45, 2.75) is 19.9 Å². The van der Waals surface area contributed by atoms with Crippen LogP contribution in [-0.4, -0.2) is 69.0 Å². The summed E-state index contributed by atoms with van der Waals surface area (Å²) in [6.07, 6.45) is 0. The molecule has 0 heterocycles. The normalized spacial score (nSPS) is 11.2. The topological polar surface area (TPSA) is 82.1 Å². The molecule has 12 heavy (non-hydrogen) atoms. The van der Waals surface area contributed by atoms with Crippen LogP contribution in [-0.2, 0) is 0 Å². The Hall–Kier alpha value is -0.0400. The summed E-state index contributed by atoms with van der Waals surface area (Å²) < 4.78 is 0. The van der Waals surface area contributed by atoms with E-state index in [0.717, 1.165) is 0 Å². The molecule has 0 saturated heterocycles. The second-order valence-corrected chi connectivity index (χ2v) is 2.32. The van der Waals surface area contributed by atoms with Gasteiger partial charge in [-0.2, -0.15) is 0 Å². The van der Waals surface area contributed by atoms with E-state index in [4.69, 9.17) is 10.3 Å². The Morgan fingerprint density at radius 3 is 2.33 bits per heavy atom. The van der Waals surface area contributed by atoms with Gasteiger partial charge in [-0.25, -0.2) is 0 Å². The zero-order valence-electron chi connectivity index (χ0n) is 6.64. The molecule has 0 fully saturated rings. The maximum atomic E-state index is 10.7. The van der Waals surface area contributed by atoms with E-state index in [0.29, 0.717) is 0 Å². The molecule has 7 heteroatoms. The molecule has 2 N–H and O–H groups in total. The molecule has 0 aromatic rings. The molecule has 0 aliphatic heterocycles. The number of aliphatic hydroxyl groups is 1. The molecule has 0 aromatic heterocycles. The second-order valence-electron chi connectivity index (χ2n) is 2.32. The zero-order valence-corrected chi connectivity index (χ0v) is 6.64. The maximum absolute atomic E-state index is 10.7. The summed E-state index contributed by atoms with van der Waals surface area (Å²) in [6, 6.07) is -0.101. The van der Waals surface area contributed by atoms with E-state index in [1.807, 2.05) is 0 Å². The standard InChI is InChI=1S/C5H13N3O3.Na.H/c1-5(2)7(3-4-9)8(11)6-10;;/h5,9-10H,3-4H2,1-2H3;;/b8-6+;;. The van der Waals surface area contributed by atoms with Gasteiger partial charge in [0.1, 0.15) is 6.54 Å². The third-order valence-corrected chi connectivity index (χ3v) is 1.22. The third kappa shape index (κ3) is 4.76. The SMILES string of the molecule is CC(C)N(CCO)/[N+]([O-])=N\O.[NaH]. The molecule has 0 atom stereocenters. The summed E-state index contributed by atoms with van der Waals surface area (Å²) in [4.78, 5) is 0.0564. The Labute approximate surface area is 93.3 Å². The van der Waals surface area contributed by atoms with Gasteiger partial charge in [-0.3, -0.25) is 0 Å². The minimum atomic E-state index is -0.146. The molecule has 0 saturated carbocycles. The van der Waals surface area contributed by atoms with Gasteiger partial charge in [-0.15, -0.1) is 5.01 Å². The Morgan fingerprint density at radius 2 is 2.08 bits per heavy atom. The van der Waals surface area contributed by atoms with Gasteiger partial charge in [-0.05, 0) is 13.8 Å². The molecule has 0 bridgehead atoms. The van der Waals surface area contributed by atoms with E-state index < -0.39 is 0 Å². The van der Waals surface area contributed by atoms with Gasteiger partial charge in [-0.1, -0.05) is 0 Å². The molecular formula is C5H14N3NaO3. The summed E-state index contributed by atoms with van der Waals surface area (Å²) >= 11 is 0. The summed E-state index contributed by atoms with van der Waals surface area (Å²) in [7, 11) is 0. The van der Waals surface area contributed by atoms with Crippen LogP contribution < -0.4 is 0 Å². The number of aliphatic hydroxyl groups excluding tert-OH is 1. The van der Waals surface area contributed by atoms with Gasteiger partial charge in [0.05, 0.1) is 17.6 Å². The van der Waals surface area contributed by atoms with Crippen LogP contribution in [0.5, 0.6) is 0 Å². The van der Waals surface area contributed by atoms with E-state index in [9.17, 15) is 5.21 Å². The van der Waals surface area contributed by atoms with Gasteiger partial charge in [0.2, 0.25) is 5.28 Å². The van der Waals surface area contributed by atoms with Gasteiger partial charge in [0.25, 0.3) is 0 Å². The Balaban J connectivity index is 0. The number of hydrogen-bond acceptors (Lipinski definition) is 3. The Bertz CT molecular complexity index is 142. The Morgan fingerprint density at radius 1 is 1.58 bits per heavy atom. The minimum absolute atomic E-state index is 0. The summed E-state index contributed by atoms with van der Waals surface area (Å²) in [5.41, 5.74) is 0. The number of rotatable bonds is 4. The predicted molar refractivity (Wildman–Crippen MR) is 43.9 cm³/mol. The van der Waals surface area contributed by atoms with Gasteiger partial charge < -0.3 is 15.5 Å². The summed E-state index contributed by atoms with van der Waals surface area (Å²) in [6.45, 7) is 3.52. The van der Waals surface area contributed by atoms with E-state index in [1.165, 1.54) is 5.01 Å². The molecule has 0 spiro atoms. The van der Waals surface area contributed by atoms with E-state index >= 15 is 0 Å². The second kappa shape index (κ2) is 7.60. The number of nitrogens with zero attached hydrogens (tertiary/aromatic N) is 3. The molecule has 68 valence electrons. The van der Waals surface area contributed by atoms with Crippen LogP contribution in [0.4, 0.5) is 0 Å². The van der Waals surface area contributed by atoms with Crippen LogP contribution in [0.2, 0.25) is 0 Å². The van der Waals surface area contributed by atoms with Gasteiger partial charge >= 0.3 is 29.6 Å². The molecule has 0 aliphatic rings. The fraction of sp³-hybridized carbons (Fsp3) is 1.00. The van der Waals surface area contributed by atoms with Crippen molar-refractivity contribution in [2.24, 2.45) is 5.28 Å². The fourth-order valence-electron chi connectivity index (χ4n) is 0.695. The molecule has 0 amide bonds. The van der Waals surface area contributed by atoms with E-state index in [2.05, 4.69) is 5.28 Å². The zero-order chi connectivity index (χ0) is 8.85. The first-order valence-electron chi connectivity index (χ1n) is 3.33. The third-order valence-electron chi connectivity index (χ3n) is 1.22. The average Bonchev–Trinajstić information content (AvgIpc) is 1.98. The van der Waals surface area contributed by atoms with Crippen LogP contribution in [0.15, 0.2) is 5.28 Å². The monoisotopic (exact) mass is 187 g/mol. The van der Waals surface area contributed by atoms with Crippen molar-refractivity contribution in [3.8, 4) is 0 Å². The molecule has 6 nitrogen and oxygen atoms in total. The van der Waals surface area contributed by atoms with Crippen molar-refractivity contribution in [3.63, 3.8) is 0 Å². The number of hydrazine groups is 1. The van der Waals surface area contributed by atoms with Gasteiger partial charge in [0, 0.05) is 0 Å². The first-order valence-corrected chi connectivity index (χ1v) is 3.33. The van der Waals surface area contributed by atoms with Crippen molar-refractivity contribution in [2.75, 3.05) is 13.2 Å². The van der Waals surface area contributed by atoms with Gasteiger partial charge in [0.15, 0.2) is 0 Å². The van der Waals surface area contributed by atoms with Crippen molar-refractivity contribution in [1.82, 2.24) is 5.01 Å². The average molecular weight is 187 g/mol.